The second kappa shape index (κ2) is 10.2. The smallest absolute Gasteiger partial charge is 0.247 e. The quantitative estimate of drug-likeness (QED) is 0.689. The molecule has 2 aromatic rings. The number of aliphatic hydroxyl groups excluding tert-OH is 1. The number of halogens is 1. The van der Waals surface area contributed by atoms with Crippen molar-refractivity contribution in [1.29, 1.82) is 0 Å². The van der Waals surface area contributed by atoms with Crippen LogP contribution in [-0.4, -0.2) is 67.5 Å². The van der Waals surface area contributed by atoms with Crippen molar-refractivity contribution >= 4 is 15.9 Å². The van der Waals surface area contributed by atoms with Crippen LogP contribution in [0.4, 0.5) is 4.39 Å². The molecule has 1 heterocycles. The zero-order valence-electron chi connectivity index (χ0n) is 19.4. The molecule has 1 aliphatic rings. The normalized spacial score (nSPS) is 21.3. The molecule has 1 amide bonds. The number of rotatable bonds is 6. The van der Waals surface area contributed by atoms with Gasteiger partial charge in [0.05, 0.1) is 13.2 Å². The lowest BCUT2D eigenvalue weighted by Gasteiger charge is -2.37. The van der Waals surface area contributed by atoms with Crippen molar-refractivity contribution in [3.8, 4) is 16.9 Å². The first-order chi connectivity index (χ1) is 15.6. The summed E-state index contributed by atoms with van der Waals surface area (Å²) in [6.07, 6.45) is -0.143. The summed E-state index contributed by atoms with van der Waals surface area (Å²) in [6, 6.07) is 10.0. The third kappa shape index (κ3) is 5.37. The summed E-state index contributed by atoms with van der Waals surface area (Å²) in [7, 11) is -2.28. The van der Waals surface area contributed by atoms with Crippen LogP contribution in [0.2, 0.25) is 0 Å². The van der Waals surface area contributed by atoms with Crippen LogP contribution in [0.15, 0.2) is 47.4 Å². The van der Waals surface area contributed by atoms with E-state index >= 15 is 0 Å². The standard InChI is InChI=1S/C24H31FN2O5S/c1-5-24(29)26(4)14-22-16(2)13-27(17(3)15-28)33(30,31)23-10-9-19(12-21(23)32-22)18-7-6-8-20(25)11-18/h6-12,16-17,22,28H,5,13-15H2,1-4H3/t16-,17-,22+/m0/s1. The number of benzene rings is 2. The number of nitrogens with zero attached hydrogens (tertiary/aromatic N) is 2. The molecule has 1 aliphatic heterocycles. The van der Waals surface area contributed by atoms with E-state index in [0.29, 0.717) is 17.5 Å². The fourth-order valence-corrected chi connectivity index (χ4v) is 5.76. The first kappa shape index (κ1) is 25.1. The maximum Gasteiger partial charge on any atom is 0.247 e. The van der Waals surface area contributed by atoms with E-state index < -0.39 is 28.0 Å². The van der Waals surface area contributed by atoms with Gasteiger partial charge in [-0.25, -0.2) is 12.8 Å². The van der Waals surface area contributed by atoms with Crippen LogP contribution >= 0.6 is 0 Å². The summed E-state index contributed by atoms with van der Waals surface area (Å²) >= 11 is 0. The van der Waals surface area contributed by atoms with Crippen molar-refractivity contribution in [2.45, 2.75) is 44.2 Å². The first-order valence-corrected chi connectivity index (χ1v) is 12.5. The number of amides is 1. The number of hydrogen-bond donors (Lipinski definition) is 1. The highest BCUT2D eigenvalue weighted by molar-refractivity contribution is 7.89. The fraction of sp³-hybridized carbons (Fsp3) is 0.458. The molecule has 0 radical (unpaired) electrons. The molecule has 0 saturated carbocycles. The van der Waals surface area contributed by atoms with Gasteiger partial charge in [0.2, 0.25) is 15.9 Å². The third-order valence-electron chi connectivity index (χ3n) is 6.01. The number of aliphatic hydroxyl groups is 1. The highest BCUT2D eigenvalue weighted by Crippen LogP contribution is 2.36. The summed E-state index contributed by atoms with van der Waals surface area (Å²) in [4.78, 5) is 13.7. The van der Waals surface area contributed by atoms with Crippen molar-refractivity contribution in [2.75, 3.05) is 26.7 Å². The van der Waals surface area contributed by atoms with Crippen LogP contribution in [-0.2, 0) is 14.8 Å². The minimum Gasteiger partial charge on any atom is -0.487 e. The molecule has 3 rings (SSSR count). The molecule has 0 unspecified atom stereocenters. The minimum atomic E-state index is -3.97. The van der Waals surface area contributed by atoms with E-state index in [0.717, 1.165) is 0 Å². The van der Waals surface area contributed by atoms with Crippen LogP contribution in [0.5, 0.6) is 5.75 Å². The lowest BCUT2D eigenvalue weighted by atomic mass is 10.0. The molecular weight excluding hydrogens is 447 g/mol. The van der Waals surface area contributed by atoms with Gasteiger partial charge in [0.1, 0.15) is 22.6 Å². The topological polar surface area (TPSA) is 87.2 Å². The van der Waals surface area contributed by atoms with E-state index in [2.05, 4.69) is 0 Å². The van der Waals surface area contributed by atoms with Gasteiger partial charge in [-0.2, -0.15) is 4.31 Å². The highest BCUT2D eigenvalue weighted by Gasteiger charge is 2.38. The Morgan fingerprint density at radius 2 is 1.97 bits per heavy atom. The Morgan fingerprint density at radius 1 is 1.27 bits per heavy atom. The monoisotopic (exact) mass is 478 g/mol. The van der Waals surface area contributed by atoms with Gasteiger partial charge in [-0.3, -0.25) is 4.79 Å². The van der Waals surface area contributed by atoms with Gasteiger partial charge in [-0.15, -0.1) is 0 Å². The molecule has 0 aliphatic carbocycles. The maximum atomic E-state index is 13.8. The molecule has 0 spiro atoms. The Kier molecular flexibility index (Phi) is 7.76. The molecule has 2 aromatic carbocycles. The molecule has 180 valence electrons. The summed E-state index contributed by atoms with van der Waals surface area (Å²) in [5.74, 6) is -0.579. The molecular formula is C24H31FN2O5S. The Hall–Kier alpha value is -2.49. The molecule has 0 saturated heterocycles. The van der Waals surface area contributed by atoms with Gasteiger partial charge >= 0.3 is 0 Å². The summed E-state index contributed by atoms with van der Waals surface area (Å²) in [6.45, 7) is 5.37. The molecule has 0 fully saturated rings. The predicted molar refractivity (Wildman–Crippen MR) is 124 cm³/mol. The van der Waals surface area contributed by atoms with Crippen molar-refractivity contribution in [3.05, 3.63) is 48.3 Å². The Balaban J connectivity index is 2.12. The lowest BCUT2D eigenvalue weighted by Crippen LogP contribution is -2.50. The lowest BCUT2D eigenvalue weighted by molar-refractivity contribution is -0.131. The average Bonchev–Trinajstić information content (AvgIpc) is 2.79. The summed E-state index contributed by atoms with van der Waals surface area (Å²) in [5, 5.41) is 9.72. The van der Waals surface area contributed by atoms with E-state index in [-0.39, 0.29) is 42.2 Å². The van der Waals surface area contributed by atoms with Crippen LogP contribution in [0.25, 0.3) is 11.1 Å². The number of carbonyl (C=O) groups excluding carboxylic acids is 1. The van der Waals surface area contributed by atoms with Gasteiger partial charge in [0, 0.05) is 32.0 Å². The van der Waals surface area contributed by atoms with Crippen molar-refractivity contribution in [3.63, 3.8) is 0 Å². The van der Waals surface area contributed by atoms with Crippen LogP contribution in [0, 0.1) is 11.7 Å². The molecule has 9 heteroatoms. The number of sulfonamides is 1. The van der Waals surface area contributed by atoms with Gasteiger partial charge in [0.15, 0.2) is 0 Å². The van der Waals surface area contributed by atoms with Gasteiger partial charge in [-0.05, 0) is 42.3 Å². The second-order valence-electron chi connectivity index (χ2n) is 8.54. The Labute approximate surface area is 194 Å². The second-order valence-corrected chi connectivity index (χ2v) is 10.4. The van der Waals surface area contributed by atoms with E-state index in [1.54, 1.807) is 50.1 Å². The van der Waals surface area contributed by atoms with Gasteiger partial charge < -0.3 is 14.7 Å². The molecule has 33 heavy (non-hydrogen) atoms. The Bertz CT molecular complexity index is 1110. The number of carbonyl (C=O) groups is 1. The molecule has 1 N–H and O–H groups in total. The van der Waals surface area contributed by atoms with Crippen LogP contribution < -0.4 is 4.74 Å². The summed E-state index contributed by atoms with van der Waals surface area (Å²) < 4.78 is 48.4. The van der Waals surface area contributed by atoms with Crippen molar-refractivity contribution in [1.82, 2.24) is 9.21 Å². The van der Waals surface area contributed by atoms with Crippen molar-refractivity contribution < 1.29 is 27.4 Å². The van der Waals surface area contributed by atoms with E-state index in [1.807, 2.05) is 6.92 Å². The van der Waals surface area contributed by atoms with E-state index in [4.69, 9.17) is 4.74 Å². The molecule has 3 atom stereocenters. The van der Waals surface area contributed by atoms with E-state index in [1.165, 1.54) is 22.5 Å². The largest absolute Gasteiger partial charge is 0.487 e. The average molecular weight is 479 g/mol. The molecule has 0 bridgehead atoms. The number of ether oxygens (including phenoxy) is 1. The zero-order valence-corrected chi connectivity index (χ0v) is 20.2. The van der Waals surface area contributed by atoms with Crippen LogP contribution in [0.3, 0.4) is 0 Å². The first-order valence-electron chi connectivity index (χ1n) is 11.0. The predicted octanol–water partition coefficient (Wildman–Crippen LogP) is 3.13. The molecule has 7 nitrogen and oxygen atoms in total. The Morgan fingerprint density at radius 3 is 2.61 bits per heavy atom. The van der Waals surface area contributed by atoms with Gasteiger partial charge in [-0.1, -0.05) is 32.0 Å². The van der Waals surface area contributed by atoms with E-state index in [9.17, 15) is 22.7 Å². The van der Waals surface area contributed by atoms with Gasteiger partial charge in [0.25, 0.3) is 0 Å². The van der Waals surface area contributed by atoms with Crippen LogP contribution in [0.1, 0.15) is 27.2 Å². The number of likely N-dealkylation sites (N-methyl/N-ethyl adjacent to an activating group) is 1. The number of hydrogen-bond acceptors (Lipinski definition) is 5. The van der Waals surface area contributed by atoms with Crippen molar-refractivity contribution in [2.24, 2.45) is 5.92 Å². The third-order valence-corrected chi connectivity index (χ3v) is 8.03. The molecule has 0 aromatic heterocycles. The number of fused-ring (bicyclic) bond motifs is 1. The SMILES string of the molecule is CCC(=O)N(C)C[C@H]1Oc2cc(-c3cccc(F)c3)ccc2S(=O)(=O)N([C@@H](C)CO)C[C@@H]1C. The highest BCUT2D eigenvalue weighted by atomic mass is 32.2. The summed E-state index contributed by atoms with van der Waals surface area (Å²) in [5.41, 5.74) is 1.19. The zero-order chi connectivity index (χ0) is 24.3. The fourth-order valence-electron chi connectivity index (χ4n) is 3.93. The maximum absolute atomic E-state index is 13.8. The minimum absolute atomic E-state index is 0.0238.